The summed E-state index contributed by atoms with van der Waals surface area (Å²) < 4.78 is 23.4. The third kappa shape index (κ3) is 8.46. The number of methoxy groups -OCH3 is 1. The van der Waals surface area contributed by atoms with Gasteiger partial charge in [-0.1, -0.05) is 30.3 Å². The zero-order valence-electron chi connectivity index (χ0n) is 22.3. The van der Waals surface area contributed by atoms with Gasteiger partial charge in [0, 0.05) is 31.1 Å². The molecule has 2 atom stereocenters. The molecule has 3 aromatic carbocycles. The molecule has 3 N–H and O–H groups in total. The number of piperazine rings is 1. The number of amides is 2. The highest BCUT2D eigenvalue weighted by molar-refractivity contribution is 5.88. The maximum atomic E-state index is 12.1. The summed E-state index contributed by atoms with van der Waals surface area (Å²) in [6.07, 6.45) is 0.322. The van der Waals surface area contributed by atoms with Gasteiger partial charge in [-0.15, -0.1) is 0 Å². The minimum atomic E-state index is -0.425. The molecule has 0 bridgehead atoms. The van der Waals surface area contributed by atoms with E-state index >= 15 is 0 Å². The second-order valence-corrected chi connectivity index (χ2v) is 9.18. The monoisotopic (exact) mass is 533 g/mol. The number of para-hydroxylation sites is 1. The molecular weight excluding hydrogens is 498 g/mol. The highest BCUT2D eigenvalue weighted by atomic mass is 16.5. The van der Waals surface area contributed by atoms with Crippen LogP contribution in [0.15, 0.2) is 72.8 Å². The first-order chi connectivity index (χ1) is 19.0. The van der Waals surface area contributed by atoms with Crippen molar-refractivity contribution < 1.29 is 28.5 Å². The van der Waals surface area contributed by atoms with Crippen molar-refractivity contribution in [2.75, 3.05) is 38.7 Å². The average Bonchev–Trinajstić information content (AvgIpc) is 2.95. The maximum absolute atomic E-state index is 12.1. The number of carbonyl (C=O) groups is 2. The summed E-state index contributed by atoms with van der Waals surface area (Å²) in [5.41, 5.74) is 2.61. The number of benzene rings is 3. The van der Waals surface area contributed by atoms with Gasteiger partial charge in [0.1, 0.15) is 23.4 Å². The molecule has 1 heterocycles. The molecule has 1 unspecified atom stereocenters. The fourth-order valence-electron chi connectivity index (χ4n) is 4.29. The zero-order chi connectivity index (χ0) is 27.5. The van der Waals surface area contributed by atoms with Gasteiger partial charge >= 0.3 is 0 Å². The van der Waals surface area contributed by atoms with E-state index in [9.17, 15) is 9.59 Å². The number of nitrogens with one attached hydrogen (secondary N) is 3. The lowest BCUT2D eigenvalue weighted by atomic mass is 10.00. The van der Waals surface area contributed by atoms with Crippen molar-refractivity contribution in [3.8, 4) is 17.2 Å². The van der Waals surface area contributed by atoms with Crippen LogP contribution in [0.1, 0.15) is 30.6 Å². The van der Waals surface area contributed by atoms with E-state index in [0.29, 0.717) is 37.8 Å². The second-order valence-electron chi connectivity index (χ2n) is 9.18. The zero-order valence-corrected chi connectivity index (χ0v) is 22.3. The van der Waals surface area contributed by atoms with Crippen molar-refractivity contribution in [1.29, 1.82) is 0 Å². The molecule has 9 heteroatoms. The molecule has 0 aromatic heterocycles. The molecule has 9 nitrogen and oxygen atoms in total. The summed E-state index contributed by atoms with van der Waals surface area (Å²) in [6.45, 7) is 3.90. The topological polar surface area (TPSA) is 107 Å². The SMILES string of the molecule is COc1ccccc1COCCCOc1ccc(C(Oc2ccc(NC(C)=O)cc2)[C@H]2CNCC(=O)N2)cc1. The van der Waals surface area contributed by atoms with Gasteiger partial charge in [0.2, 0.25) is 11.8 Å². The van der Waals surface area contributed by atoms with E-state index in [4.69, 9.17) is 18.9 Å². The van der Waals surface area contributed by atoms with Gasteiger partial charge in [0.05, 0.1) is 39.5 Å². The van der Waals surface area contributed by atoms with Crippen LogP contribution in [0.4, 0.5) is 5.69 Å². The van der Waals surface area contributed by atoms with Crippen LogP contribution in [0.25, 0.3) is 0 Å². The molecule has 206 valence electrons. The Hall–Kier alpha value is -4.08. The van der Waals surface area contributed by atoms with Gasteiger partial charge < -0.3 is 34.9 Å². The minimum Gasteiger partial charge on any atom is -0.496 e. The van der Waals surface area contributed by atoms with Gasteiger partial charge in [0.25, 0.3) is 0 Å². The molecule has 1 aliphatic rings. The van der Waals surface area contributed by atoms with Crippen LogP contribution in [0.2, 0.25) is 0 Å². The quantitative estimate of drug-likeness (QED) is 0.287. The van der Waals surface area contributed by atoms with E-state index in [-0.39, 0.29) is 24.4 Å². The summed E-state index contributed by atoms with van der Waals surface area (Å²) >= 11 is 0. The van der Waals surface area contributed by atoms with Crippen LogP contribution < -0.4 is 30.2 Å². The third-order valence-corrected chi connectivity index (χ3v) is 6.16. The van der Waals surface area contributed by atoms with Crippen LogP contribution in [0.3, 0.4) is 0 Å². The molecule has 0 spiro atoms. The number of hydrogen-bond acceptors (Lipinski definition) is 7. The van der Waals surface area contributed by atoms with Crippen molar-refractivity contribution in [2.24, 2.45) is 0 Å². The summed E-state index contributed by atoms with van der Waals surface area (Å²) in [7, 11) is 1.65. The number of anilines is 1. The van der Waals surface area contributed by atoms with Crippen molar-refractivity contribution >= 4 is 17.5 Å². The Kier molecular flexibility index (Phi) is 10.2. The van der Waals surface area contributed by atoms with E-state index in [0.717, 1.165) is 29.0 Å². The molecule has 1 saturated heterocycles. The van der Waals surface area contributed by atoms with Crippen molar-refractivity contribution in [3.05, 3.63) is 83.9 Å². The Labute approximate surface area is 228 Å². The van der Waals surface area contributed by atoms with Crippen molar-refractivity contribution in [3.63, 3.8) is 0 Å². The second kappa shape index (κ2) is 14.2. The first kappa shape index (κ1) is 27.9. The largest absolute Gasteiger partial charge is 0.496 e. The summed E-state index contributed by atoms with van der Waals surface area (Å²) in [5.74, 6) is 1.98. The lowest BCUT2D eigenvalue weighted by molar-refractivity contribution is -0.123. The molecule has 2 amide bonds. The van der Waals surface area contributed by atoms with Crippen LogP contribution in [-0.2, 0) is 20.9 Å². The summed E-state index contributed by atoms with van der Waals surface area (Å²) in [4.78, 5) is 23.4. The smallest absolute Gasteiger partial charge is 0.234 e. The normalized spacial score (nSPS) is 15.6. The van der Waals surface area contributed by atoms with E-state index in [1.165, 1.54) is 6.92 Å². The Morgan fingerprint density at radius 3 is 2.46 bits per heavy atom. The Bertz CT molecular complexity index is 1220. The van der Waals surface area contributed by atoms with Crippen molar-refractivity contribution in [1.82, 2.24) is 10.6 Å². The van der Waals surface area contributed by atoms with Crippen molar-refractivity contribution in [2.45, 2.75) is 32.1 Å². The third-order valence-electron chi connectivity index (χ3n) is 6.16. The molecule has 1 fully saturated rings. The number of ether oxygens (including phenoxy) is 4. The fourth-order valence-corrected chi connectivity index (χ4v) is 4.29. The Morgan fingerprint density at radius 2 is 1.74 bits per heavy atom. The molecule has 0 radical (unpaired) electrons. The molecule has 0 saturated carbocycles. The molecule has 39 heavy (non-hydrogen) atoms. The van der Waals surface area contributed by atoms with E-state index < -0.39 is 6.10 Å². The fraction of sp³-hybridized carbons (Fsp3) is 0.333. The summed E-state index contributed by atoms with van der Waals surface area (Å²) in [6, 6.07) is 22.4. The predicted octanol–water partition coefficient (Wildman–Crippen LogP) is 3.85. The molecule has 3 aromatic rings. The number of carbonyl (C=O) groups excluding carboxylic acids is 2. The first-order valence-electron chi connectivity index (χ1n) is 13.0. The molecule has 4 rings (SSSR count). The standard InChI is InChI=1S/C30H35N3O6/c1-21(34)32-24-10-14-26(15-11-24)39-30(27-18-31-19-29(35)33-27)22-8-12-25(13-9-22)38-17-5-16-37-20-23-6-3-4-7-28(23)36-2/h3-4,6-15,27,30-31H,5,16-20H2,1-2H3,(H,32,34)(H,33,35)/t27-,30?/m1/s1. The molecule has 0 aliphatic carbocycles. The Balaban J connectivity index is 1.31. The van der Waals surface area contributed by atoms with E-state index in [2.05, 4.69) is 16.0 Å². The number of hydrogen-bond donors (Lipinski definition) is 3. The molecule has 1 aliphatic heterocycles. The average molecular weight is 534 g/mol. The highest BCUT2D eigenvalue weighted by Crippen LogP contribution is 2.28. The van der Waals surface area contributed by atoms with Gasteiger partial charge in [-0.25, -0.2) is 0 Å². The predicted molar refractivity (Wildman–Crippen MR) is 148 cm³/mol. The number of rotatable bonds is 13. The Morgan fingerprint density at radius 1 is 1.00 bits per heavy atom. The molecular formula is C30H35N3O6. The lowest BCUT2D eigenvalue weighted by Crippen LogP contribution is -2.55. The van der Waals surface area contributed by atoms with E-state index in [1.807, 2.05) is 48.5 Å². The van der Waals surface area contributed by atoms with Gasteiger partial charge in [0.15, 0.2) is 0 Å². The van der Waals surface area contributed by atoms with E-state index in [1.54, 1.807) is 31.4 Å². The highest BCUT2D eigenvalue weighted by Gasteiger charge is 2.29. The van der Waals surface area contributed by atoms with Crippen LogP contribution in [0, 0.1) is 0 Å². The minimum absolute atomic E-state index is 0.0752. The maximum Gasteiger partial charge on any atom is 0.234 e. The first-order valence-corrected chi connectivity index (χ1v) is 13.0. The lowest BCUT2D eigenvalue weighted by Gasteiger charge is -2.32. The van der Waals surface area contributed by atoms with Crippen LogP contribution in [0.5, 0.6) is 17.2 Å². The van der Waals surface area contributed by atoms with Gasteiger partial charge in [-0.2, -0.15) is 0 Å². The summed E-state index contributed by atoms with van der Waals surface area (Å²) in [5, 5.41) is 8.91. The van der Waals surface area contributed by atoms with Gasteiger partial charge in [-0.05, 0) is 48.0 Å². The van der Waals surface area contributed by atoms with Crippen LogP contribution >= 0.6 is 0 Å². The van der Waals surface area contributed by atoms with Crippen LogP contribution in [-0.4, -0.2) is 51.3 Å². The van der Waals surface area contributed by atoms with Gasteiger partial charge in [-0.3, -0.25) is 9.59 Å².